The fourth-order valence-corrected chi connectivity index (χ4v) is 1.79. The highest BCUT2D eigenvalue weighted by atomic mass is 16.2. The van der Waals surface area contributed by atoms with E-state index in [1.807, 2.05) is 54.6 Å². The Morgan fingerprint density at radius 2 is 1.65 bits per heavy atom. The highest BCUT2D eigenvalue weighted by molar-refractivity contribution is 6.19. The van der Waals surface area contributed by atoms with Crippen LogP contribution >= 0.6 is 0 Å². The van der Waals surface area contributed by atoms with Gasteiger partial charge in [0.25, 0.3) is 5.91 Å². The molecule has 82 valence electrons. The normalized spacial score (nSPS) is 13.6. The summed E-state index contributed by atoms with van der Waals surface area (Å²) >= 11 is 0. The Kier molecular flexibility index (Phi) is 2.22. The smallest absolute Gasteiger partial charge is 0.267 e. The average Bonchev–Trinajstić information content (AvgIpc) is 2.40. The lowest BCUT2D eigenvalue weighted by molar-refractivity contribution is 0.0967. The lowest BCUT2D eigenvalue weighted by atomic mass is 10.1. The summed E-state index contributed by atoms with van der Waals surface area (Å²) in [5.41, 5.74) is 2.58. The zero-order chi connectivity index (χ0) is 11.7. The summed E-state index contributed by atoms with van der Waals surface area (Å²) in [5.74, 6) is -0.0484. The van der Waals surface area contributed by atoms with Crippen LogP contribution in [0.15, 0.2) is 59.7 Å². The number of anilines is 1. The molecule has 1 heterocycles. The third-order valence-electron chi connectivity index (χ3n) is 2.68. The van der Waals surface area contributed by atoms with Crippen LogP contribution in [-0.2, 0) is 0 Å². The van der Waals surface area contributed by atoms with Gasteiger partial charge in [0.2, 0.25) is 0 Å². The van der Waals surface area contributed by atoms with Gasteiger partial charge in [-0.3, -0.25) is 4.79 Å². The molecule has 0 fully saturated rings. The first-order valence-electron chi connectivity index (χ1n) is 5.39. The Labute approximate surface area is 99.0 Å². The molecule has 0 atom stereocenters. The molecule has 0 N–H and O–H groups in total. The minimum absolute atomic E-state index is 0.0484. The predicted octanol–water partition coefficient (Wildman–Crippen LogP) is 2.68. The van der Waals surface area contributed by atoms with E-state index in [1.54, 1.807) is 6.21 Å². The maximum atomic E-state index is 11.7. The fraction of sp³-hybridized carbons (Fsp3) is 0. The van der Waals surface area contributed by atoms with E-state index in [4.69, 9.17) is 0 Å². The number of carbonyl (C=O) groups is 1. The number of rotatable bonds is 2. The van der Waals surface area contributed by atoms with Crippen molar-refractivity contribution in [1.29, 1.82) is 0 Å². The minimum Gasteiger partial charge on any atom is -0.267 e. The van der Waals surface area contributed by atoms with Crippen LogP contribution in [0.2, 0.25) is 0 Å². The van der Waals surface area contributed by atoms with Gasteiger partial charge in [-0.05, 0) is 17.7 Å². The number of nitrogens with zero attached hydrogens (tertiary/aromatic N) is 2. The van der Waals surface area contributed by atoms with Crippen LogP contribution in [0.25, 0.3) is 0 Å². The van der Waals surface area contributed by atoms with Gasteiger partial charge in [0, 0.05) is 0 Å². The maximum Gasteiger partial charge on any atom is 0.280 e. The molecule has 1 aliphatic heterocycles. The quantitative estimate of drug-likeness (QED) is 0.719. The van der Waals surface area contributed by atoms with Crippen molar-refractivity contribution in [1.82, 2.24) is 0 Å². The van der Waals surface area contributed by atoms with Crippen molar-refractivity contribution >= 4 is 17.8 Å². The zero-order valence-corrected chi connectivity index (χ0v) is 9.08. The molecule has 2 aromatic rings. The van der Waals surface area contributed by atoms with Crippen LogP contribution in [0.5, 0.6) is 0 Å². The van der Waals surface area contributed by atoms with E-state index in [0.29, 0.717) is 0 Å². The molecule has 0 aromatic heterocycles. The van der Waals surface area contributed by atoms with Gasteiger partial charge < -0.3 is 0 Å². The van der Waals surface area contributed by atoms with Crippen molar-refractivity contribution in [3.63, 3.8) is 0 Å². The van der Waals surface area contributed by atoms with Gasteiger partial charge in [0.1, 0.15) is 0 Å². The van der Waals surface area contributed by atoms with Gasteiger partial charge in [-0.1, -0.05) is 42.5 Å². The van der Waals surface area contributed by atoms with Crippen LogP contribution in [0.1, 0.15) is 15.9 Å². The summed E-state index contributed by atoms with van der Waals surface area (Å²) in [6, 6.07) is 17.2. The van der Waals surface area contributed by atoms with Gasteiger partial charge >= 0.3 is 0 Å². The van der Waals surface area contributed by atoms with E-state index in [2.05, 4.69) is 5.10 Å². The van der Waals surface area contributed by atoms with Crippen LogP contribution in [0.3, 0.4) is 0 Å². The first-order valence-corrected chi connectivity index (χ1v) is 5.39. The summed E-state index contributed by atoms with van der Waals surface area (Å²) in [7, 11) is 0. The summed E-state index contributed by atoms with van der Waals surface area (Å²) in [6.45, 7) is 0. The third kappa shape index (κ3) is 1.61. The van der Waals surface area contributed by atoms with Gasteiger partial charge in [0.15, 0.2) is 0 Å². The molecule has 0 unspecified atom stereocenters. The van der Waals surface area contributed by atoms with Crippen LogP contribution < -0.4 is 5.01 Å². The Hall–Kier alpha value is -2.42. The molecule has 1 amide bonds. The number of hydrazone groups is 1. The van der Waals surface area contributed by atoms with Gasteiger partial charge in [-0.2, -0.15) is 10.1 Å². The monoisotopic (exact) mass is 222 g/mol. The molecule has 0 spiro atoms. The third-order valence-corrected chi connectivity index (χ3v) is 2.68. The van der Waals surface area contributed by atoms with Gasteiger partial charge in [-0.25, -0.2) is 0 Å². The predicted molar refractivity (Wildman–Crippen MR) is 67.3 cm³/mol. The summed E-state index contributed by atoms with van der Waals surface area (Å²) in [6.07, 6.45) is 1.69. The van der Waals surface area contributed by atoms with Crippen molar-refractivity contribution in [2.24, 2.45) is 5.10 Å². The minimum atomic E-state index is -0.0484. The average molecular weight is 222 g/mol. The number of fused-ring (bicyclic) bond motifs is 1. The molecular weight excluding hydrogens is 212 g/mol. The van der Waals surface area contributed by atoms with Crippen molar-refractivity contribution in [3.8, 4) is 0 Å². The van der Waals surface area contributed by atoms with Crippen molar-refractivity contribution < 1.29 is 4.79 Å². The molecule has 0 saturated carbocycles. The Morgan fingerprint density at radius 3 is 2.47 bits per heavy atom. The van der Waals surface area contributed by atoms with E-state index in [1.165, 1.54) is 5.01 Å². The summed E-state index contributed by atoms with van der Waals surface area (Å²) in [5, 5.41) is 5.60. The standard InChI is InChI=1S/C14H10N2O/c17-14-12-8-4-5-9-13(12)16(14)15-10-11-6-2-1-3-7-11/h1-10H/b15-10+. The molecule has 0 radical (unpaired) electrons. The van der Waals surface area contributed by atoms with E-state index >= 15 is 0 Å². The first kappa shape index (κ1) is 9.78. The zero-order valence-electron chi connectivity index (χ0n) is 9.08. The second kappa shape index (κ2) is 3.87. The largest absolute Gasteiger partial charge is 0.280 e. The first-order chi connectivity index (χ1) is 8.36. The molecule has 0 aliphatic carbocycles. The Bertz CT molecular complexity index is 590. The lowest BCUT2D eigenvalue weighted by Gasteiger charge is -2.28. The van der Waals surface area contributed by atoms with Crippen LogP contribution in [-0.4, -0.2) is 12.1 Å². The van der Waals surface area contributed by atoms with E-state index in [0.717, 1.165) is 16.8 Å². The lowest BCUT2D eigenvalue weighted by Crippen LogP contribution is -2.36. The molecule has 0 saturated heterocycles. The second-order valence-electron chi connectivity index (χ2n) is 3.79. The molecule has 2 aromatic carbocycles. The summed E-state index contributed by atoms with van der Waals surface area (Å²) in [4.78, 5) is 11.7. The Balaban J connectivity index is 1.85. The SMILES string of the molecule is O=C1c2ccccc2N1/N=C/c1ccccc1. The number of para-hydroxylation sites is 1. The molecule has 3 heteroatoms. The molecule has 0 bridgehead atoms. The van der Waals surface area contributed by atoms with E-state index in [-0.39, 0.29) is 5.91 Å². The molecule has 3 nitrogen and oxygen atoms in total. The molecule has 1 aliphatic rings. The number of hydrogen-bond donors (Lipinski definition) is 0. The van der Waals surface area contributed by atoms with Crippen LogP contribution in [0, 0.1) is 0 Å². The van der Waals surface area contributed by atoms with E-state index in [9.17, 15) is 4.79 Å². The highest BCUT2D eigenvalue weighted by Crippen LogP contribution is 2.32. The topological polar surface area (TPSA) is 32.7 Å². The maximum absolute atomic E-state index is 11.7. The van der Waals surface area contributed by atoms with E-state index < -0.39 is 0 Å². The summed E-state index contributed by atoms with van der Waals surface area (Å²) < 4.78 is 0. The number of carbonyl (C=O) groups excluding carboxylic acids is 1. The number of benzene rings is 2. The van der Waals surface area contributed by atoms with Crippen molar-refractivity contribution in [2.75, 3.05) is 5.01 Å². The highest BCUT2D eigenvalue weighted by Gasteiger charge is 2.31. The van der Waals surface area contributed by atoms with Crippen molar-refractivity contribution in [3.05, 3.63) is 65.7 Å². The molecule has 3 rings (SSSR count). The fourth-order valence-electron chi connectivity index (χ4n) is 1.79. The number of hydrogen-bond acceptors (Lipinski definition) is 2. The number of amides is 1. The second-order valence-corrected chi connectivity index (χ2v) is 3.79. The molecule has 17 heavy (non-hydrogen) atoms. The Morgan fingerprint density at radius 1 is 0.941 bits per heavy atom. The van der Waals surface area contributed by atoms with Gasteiger partial charge in [0.05, 0.1) is 17.5 Å². The van der Waals surface area contributed by atoms with Gasteiger partial charge in [-0.15, -0.1) is 0 Å². The van der Waals surface area contributed by atoms with Crippen molar-refractivity contribution in [2.45, 2.75) is 0 Å². The molecular formula is C14H10N2O. The van der Waals surface area contributed by atoms with Crippen LogP contribution in [0.4, 0.5) is 5.69 Å².